The number of amides is 2. The molecule has 1 atom stereocenters. The molecule has 2 aromatic carbocycles. The quantitative estimate of drug-likeness (QED) is 0.585. The number of aryl methyl sites for hydroxylation is 1. The summed E-state index contributed by atoms with van der Waals surface area (Å²) in [5, 5.41) is 3.01. The van der Waals surface area contributed by atoms with Crippen molar-refractivity contribution in [3.05, 3.63) is 65.5 Å². The van der Waals surface area contributed by atoms with Gasteiger partial charge in [0.1, 0.15) is 18.4 Å². The Morgan fingerprint density at radius 2 is 1.71 bits per heavy atom. The van der Waals surface area contributed by atoms with Gasteiger partial charge in [-0.15, -0.1) is 0 Å². The molecule has 1 fully saturated rings. The summed E-state index contributed by atoms with van der Waals surface area (Å²) in [5.41, 5.74) is 1.64. The molecule has 1 saturated carbocycles. The van der Waals surface area contributed by atoms with Crippen molar-refractivity contribution in [3.8, 4) is 0 Å². The topological polar surface area (TPSA) is 86.8 Å². The van der Waals surface area contributed by atoms with E-state index < -0.39 is 34.3 Å². The third-order valence-corrected chi connectivity index (χ3v) is 7.27. The molecule has 2 amide bonds. The molecule has 0 aromatic heterocycles. The molecule has 0 aliphatic heterocycles. The maximum absolute atomic E-state index is 14.4. The minimum absolute atomic E-state index is 0.0807. The number of anilines is 1. The third-order valence-electron chi connectivity index (χ3n) is 6.14. The third kappa shape index (κ3) is 6.56. The fourth-order valence-corrected chi connectivity index (χ4v) is 4.96. The van der Waals surface area contributed by atoms with Gasteiger partial charge in [0.2, 0.25) is 21.8 Å². The van der Waals surface area contributed by atoms with E-state index in [1.54, 1.807) is 6.92 Å². The predicted molar refractivity (Wildman–Crippen MR) is 130 cm³/mol. The first-order chi connectivity index (χ1) is 16.1. The minimum atomic E-state index is -3.97. The van der Waals surface area contributed by atoms with Crippen LogP contribution in [0.25, 0.3) is 0 Å². The molecule has 184 valence electrons. The summed E-state index contributed by atoms with van der Waals surface area (Å²) >= 11 is 0. The van der Waals surface area contributed by atoms with Crippen LogP contribution in [0.2, 0.25) is 0 Å². The molecule has 0 heterocycles. The Bertz CT molecular complexity index is 1120. The van der Waals surface area contributed by atoms with Crippen molar-refractivity contribution < 1.29 is 22.4 Å². The number of benzene rings is 2. The Hall–Kier alpha value is -2.94. The summed E-state index contributed by atoms with van der Waals surface area (Å²) < 4.78 is 40.1. The maximum Gasteiger partial charge on any atom is 0.244 e. The summed E-state index contributed by atoms with van der Waals surface area (Å²) in [4.78, 5) is 27.8. The highest BCUT2D eigenvalue weighted by molar-refractivity contribution is 7.92. The van der Waals surface area contributed by atoms with Crippen molar-refractivity contribution in [2.45, 2.75) is 58.2 Å². The Morgan fingerprint density at radius 1 is 1.09 bits per heavy atom. The summed E-state index contributed by atoms with van der Waals surface area (Å²) in [7, 11) is -3.97. The number of nitrogens with one attached hydrogen (secondary N) is 1. The number of nitrogens with zero attached hydrogens (tertiary/aromatic N) is 2. The SMILES string of the molecule is Cc1ccc(CN(C(=O)CN(c2ccccc2F)S(C)(=O)=O)[C@H](C)C(=O)NC2CCCC2)cc1. The van der Waals surface area contributed by atoms with Crippen LogP contribution in [0.1, 0.15) is 43.7 Å². The lowest BCUT2D eigenvalue weighted by Gasteiger charge is -2.32. The average Bonchev–Trinajstić information content (AvgIpc) is 3.29. The van der Waals surface area contributed by atoms with Crippen molar-refractivity contribution in [2.24, 2.45) is 0 Å². The zero-order chi connectivity index (χ0) is 24.9. The number of hydrogen-bond donors (Lipinski definition) is 1. The molecule has 1 aliphatic rings. The molecular formula is C25H32FN3O4S. The van der Waals surface area contributed by atoms with Gasteiger partial charge < -0.3 is 10.2 Å². The number of carbonyl (C=O) groups excluding carboxylic acids is 2. The molecule has 1 aliphatic carbocycles. The first-order valence-corrected chi connectivity index (χ1v) is 13.3. The van der Waals surface area contributed by atoms with Crippen molar-refractivity contribution >= 4 is 27.5 Å². The van der Waals surface area contributed by atoms with E-state index in [0.717, 1.165) is 53.4 Å². The van der Waals surface area contributed by atoms with Crippen molar-refractivity contribution in [2.75, 3.05) is 17.1 Å². The Labute approximate surface area is 201 Å². The van der Waals surface area contributed by atoms with E-state index in [4.69, 9.17) is 0 Å². The van der Waals surface area contributed by atoms with Crippen molar-refractivity contribution in [3.63, 3.8) is 0 Å². The highest BCUT2D eigenvalue weighted by Gasteiger charge is 2.32. The second kappa shape index (κ2) is 11.0. The number of carbonyl (C=O) groups is 2. The monoisotopic (exact) mass is 489 g/mol. The molecule has 7 nitrogen and oxygen atoms in total. The molecule has 0 spiro atoms. The molecule has 9 heteroatoms. The average molecular weight is 490 g/mol. The van der Waals surface area contributed by atoms with E-state index in [-0.39, 0.29) is 24.2 Å². The van der Waals surface area contributed by atoms with E-state index in [1.165, 1.54) is 23.1 Å². The van der Waals surface area contributed by atoms with E-state index in [9.17, 15) is 22.4 Å². The number of rotatable bonds is 9. The van der Waals surface area contributed by atoms with Gasteiger partial charge in [0.05, 0.1) is 11.9 Å². The van der Waals surface area contributed by atoms with Gasteiger partial charge in [-0.3, -0.25) is 13.9 Å². The molecule has 0 saturated heterocycles. The van der Waals surface area contributed by atoms with Crippen LogP contribution in [0, 0.1) is 12.7 Å². The van der Waals surface area contributed by atoms with Crippen LogP contribution >= 0.6 is 0 Å². The zero-order valence-electron chi connectivity index (χ0n) is 19.8. The maximum atomic E-state index is 14.4. The second-order valence-electron chi connectivity index (χ2n) is 8.89. The predicted octanol–water partition coefficient (Wildman–Crippen LogP) is 3.38. The van der Waals surface area contributed by atoms with Crippen molar-refractivity contribution in [1.82, 2.24) is 10.2 Å². The molecule has 3 rings (SSSR count). The fraction of sp³-hybridized carbons (Fsp3) is 0.440. The Morgan fingerprint density at radius 3 is 2.29 bits per heavy atom. The van der Waals surface area contributed by atoms with Crippen LogP contribution in [0.5, 0.6) is 0 Å². The molecule has 34 heavy (non-hydrogen) atoms. The fourth-order valence-electron chi connectivity index (χ4n) is 4.11. The Balaban J connectivity index is 1.88. The largest absolute Gasteiger partial charge is 0.352 e. The summed E-state index contributed by atoms with van der Waals surface area (Å²) in [6, 6.07) is 12.2. The standard InChI is InChI=1S/C25H32FN3O4S/c1-18-12-14-20(15-13-18)16-28(19(2)25(31)27-21-8-4-5-9-21)24(30)17-29(34(3,32)33)23-11-7-6-10-22(23)26/h6-7,10-15,19,21H,4-5,8-9,16-17H2,1-3H3,(H,27,31)/t19-/m1/s1. The van der Waals surface area contributed by atoms with E-state index >= 15 is 0 Å². The lowest BCUT2D eigenvalue weighted by atomic mass is 10.1. The van der Waals surface area contributed by atoms with Crippen LogP contribution in [-0.2, 0) is 26.2 Å². The van der Waals surface area contributed by atoms with Gasteiger partial charge in [-0.1, -0.05) is 54.8 Å². The van der Waals surface area contributed by atoms with Gasteiger partial charge >= 0.3 is 0 Å². The highest BCUT2D eigenvalue weighted by Crippen LogP contribution is 2.23. The first-order valence-electron chi connectivity index (χ1n) is 11.4. The summed E-state index contributed by atoms with van der Waals surface area (Å²) in [6.45, 7) is 3.08. The number of halogens is 1. The van der Waals surface area contributed by atoms with Crippen LogP contribution in [0.4, 0.5) is 10.1 Å². The van der Waals surface area contributed by atoms with Gasteiger partial charge in [0, 0.05) is 12.6 Å². The van der Waals surface area contributed by atoms with E-state index in [2.05, 4.69) is 5.32 Å². The van der Waals surface area contributed by atoms with E-state index in [1.807, 2.05) is 31.2 Å². The molecular weight excluding hydrogens is 457 g/mol. The zero-order valence-corrected chi connectivity index (χ0v) is 20.6. The van der Waals surface area contributed by atoms with Gasteiger partial charge in [-0.05, 0) is 44.4 Å². The Kier molecular flexibility index (Phi) is 8.30. The molecule has 0 radical (unpaired) electrons. The lowest BCUT2D eigenvalue weighted by molar-refractivity contribution is -0.139. The normalized spacial score (nSPS) is 15.1. The molecule has 0 unspecified atom stereocenters. The minimum Gasteiger partial charge on any atom is -0.352 e. The van der Waals surface area contributed by atoms with Gasteiger partial charge in [-0.2, -0.15) is 0 Å². The molecule has 1 N–H and O–H groups in total. The van der Waals surface area contributed by atoms with Crippen LogP contribution in [0.15, 0.2) is 48.5 Å². The number of hydrogen-bond acceptors (Lipinski definition) is 4. The second-order valence-corrected chi connectivity index (χ2v) is 10.8. The molecule has 2 aromatic rings. The lowest BCUT2D eigenvalue weighted by Crippen LogP contribution is -2.52. The molecule has 0 bridgehead atoms. The van der Waals surface area contributed by atoms with Crippen molar-refractivity contribution in [1.29, 1.82) is 0 Å². The van der Waals surface area contributed by atoms with Gasteiger partial charge in [-0.25, -0.2) is 12.8 Å². The smallest absolute Gasteiger partial charge is 0.244 e. The summed E-state index contributed by atoms with van der Waals surface area (Å²) in [5.74, 6) is -1.63. The van der Waals surface area contributed by atoms with Gasteiger partial charge in [0.15, 0.2) is 0 Å². The van der Waals surface area contributed by atoms with Gasteiger partial charge in [0.25, 0.3) is 0 Å². The first kappa shape index (κ1) is 25.7. The number of sulfonamides is 1. The number of para-hydroxylation sites is 1. The summed E-state index contributed by atoms with van der Waals surface area (Å²) in [6.07, 6.45) is 4.83. The van der Waals surface area contributed by atoms with Crippen LogP contribution < -0.4 is 9.62 Å². The highest BCUT2D eigenvalue weighted by atomic mass is 32.2. The van der Waals surface area contributed by atoms with Crippen LogP contribution in [0.3, 0.4) is 0 Å². The van der Waals surface area contributed by atoms with E-state index in [0.29, 0.717) is 0 Å². The van der Waals surface area contributed by atoms with Crippen LogP contribution in [-0.4, -0.2) is 50.0 Å².